The van der Waals surface area contributed by atoms with Crippen molar-refractivity contribution >= 4 is 11.8 Å². The van der Waals surface area contributed by atoms with Crippen LogP contribution in [0.2, 0.25) is 0 Å². The Kier molecular flexibility index (Phi) is 3.51. The summed E-state index contributed by atoms with van der Waals surface area (Å²) in [5, 5.41) is 8.84. The van der Waals surface area contributed by atoms with Crippen LogP contribution in [0.25, 0.3) is 0 Å². The van der Waals surface area contributed by atoms with E-state index < -0.39 is 5.97 Å². The minimum atomic E-state index is -1.10. The predicted octanol–water partition coefficient (Wildman–Crippen LogP) is 2.66. The fourth-order valence-corrected chi connectivity index (χ4v) is 2.68. The van der Waals surface area contributed by atoms with E-state index in [1.165, 1.54) is 24.5 Å². The topological polar surface area (TPSA) is 66.3 Å². The molecule has 1 fully saturated rings. The Morgan fingerprint density at radius 2 is 2.19 bits per heavy atom. The molecule has 1 saturated heterocycles. The minimum absolute atomic E-state index is 0.0469. The number of aromatic nitrogens is 2. The maximum absolute atomic E-state index is 13.4. The van der Waals surface area contributed by atoms with Crippen LogP contribution in [0.5, 0.6) is 0 Å². The van der Waals surface area contributed by atoms with Crippen LogP contribution in [-0.4, -0.2) is 27.6 Å². The van der Waals surface area contributed by atoms with Gasteiger partial charge in [0.1, 0.15) is 11.6 Å². The SMILES string of the molecule is O=C(O)c1cnc(N2CCC[C@H]2c2cccc(F)c2)cn1. The average Bonchev–Trinajstić information content (AvgIpc) is 2.97. The summed E-state index contributed by atoms with van der Waals surface area (Å²) in [7, 11) is 0. The molecule has 0 spiro atoms. The van der Waals surface area contributed by atoms with Gasteiger partial charge in [-0.1, -0.05) is 12.1 Å². The zero-order valence-electron chi connectivity index (χ0n) is 11.2. The van der Waals surface area contributed by atoms with Crippen LogP contribution in [0.4, 0.5) is 10.2 Å². The molecule has 0 aliphatic carbocycles. The summed E-state index contributed by atoms with van der Waals surface area (Å²) in [5.74, 6) is -0.740. The molecule has 21 heavy (non-hydrogen) atoms. The van der Waals surface area contributed by atoms with Crippen molar-refractivity contribution in [2.45, 2.75) is 18.9 Å². The Balaban J connectivity index is 1.88. The van der Waals surface area contributed by atoms with Crippen LogP contribution in [0.1, 0.15) is 34.9 Å². The standard InChI is InChI=1S/C15H14FN3O2/c16-11-4-1-3-10(7-11)13-5-2-6-19(13)14-9-17-12(8-18-14)15(20)21/h1,3-4,7-9,13H,2,5-6H2,(H,20,21)/t13-/m0/s1. The Morgan fingerprint density at radius 1 is 1.33 bits per heavy atom. The van der Waals surface area contributed by atoms with E-state index in [9.17, 15) is 9.18 Å². The Bertz CT molecular complexity index is 660. The lowest BCUT2D eigenvalue weighted by molar-refractivity contribution is 0.0690. The number of carboxylic acids is 1. The van der Waals surface area contributed by atoms with Crippen molar-refractivity contribution in [3.05, 3.63) is 53.7 Å². The van der Waals surface area contributed by atoms with Crippen LogP contribution in [0.15, 0.2) is 36.7 Å². The number of halogens is 1. The first-order chi connectivity index (χ1) is 10.1. The number of carboxylic acid groups (broad SMARTS) is 1. The molecule has 1 aliphatic heterocycles. The van der Waals surface area contributed by atoms with Gasteiger partial charge in [0.2, 0.25) is 0 Å². The number of aromatic carboxylic acids is 1. The molecule has 1 aromatic carbocycles. The summed E-state index contributed by atoms with van der Waals surface area (Å²) in [5.41, 5.74) is 0.817. The number of rotatable bonds is 3. The Hall–Kier alpha value is -2.50. The van der Waals surface area contributed by atoms with Gasteiger partial charge in [0.05, 0.1) is 18.4 Å². The van der Waals surface area contributed by atoms with Gasteiger partial charge in [-0.25, -0.2) is 19.2 Å². The van der Waals surface area contributed by atoms with Gasteiger partial charge in [0.15, 0.2) is 5.69 Å². The molecule has 6 heteroatoms. The molecule has 1 aliphatic rings. The van der Waals surface area contributed by atoms with Crippen molar-refractivity contribution in [3.8, 4) is 0 Å². The third-order valence-corrected chi connectivity index (χ3v) is 3.64. The Labute approximate surface area is 121 Å². The first kappa shape index (κ1) is 13.5. The number of benzene rings is 1. The first-order valence-electron chi connectivity index (χ1n) is 6.72. The number of hydrogen-bond acceptors (Lipinski definition) is 4. The largest absolute Gasteiger partial charge is 0.476 e. The third kappa shape index (κ3) is 2.69. The van der Waals surface area contributed by atoms with Crippen molar-refractivity contribution in [3.63, 3.8) is 0 Å². The van der Waals surface area contributed by atoms with Crippen LogP contribution in [-0.2, 0) is 0 Å². The molecule has 108 valence electrons. The number of nitrogens with zero attached hydrogens (tertiary/aromatic N) is 3. The van der Waals surface area contributed by atoms with Gasteiger partial charge in [-0.3, -0.25) is 0 Å². The van der Waals surface area contributed by atoms with Gasteiger partial charge in [-0.15, -0.1) is 0 Å². The fourth-order valence-electron chi connectivity index (χ4n) is 2.68. The van der Waals surface area contributed by atoms with Gasteiger partial charge in [-0.2, -0.15) is 0 Å². The lowest BCUT2D eigenvalue weighted by atomic mass is 10.0. The molecule has 3 rings (SSSR count). The van der Waals surface area contributed by atoms with E-state index in [-0.39, 0.29) is 17.6 Å². The second-order valence-corrected chi connectivity index (χ2v) is 4.97. The average molecular weight is 287 g/mol. The second kappa shape index (κ2) is 5.47. The second-order valence-electron chi connectivity index (χ2n) is 4.97. The molecule has 5 nitrogen and oxygen atoms in total. The zero-order chi connectivity index (χ0) is 14.8. The van der Waals surface area contributed by atoms with Gasteiger partial charge < -0.3 is 10.0 Å². The summed E-state index contributed by atoms with van der Waals surface area (Å²) in [6.45, 7) is 0.794. The fraction of sp³-hybridized carbons (Fsp3) is 0.267. The molecular formula is C15H14FN3O2. The lowest BCUT2D eigenvalue weighted by Gasteiger charge is -2.25. The van der Waals surface area contributed by atoms with Gasteiger partial charge in [0.25, 0.3) is 0 Å². The van der Waals surface area contributed by atoms with Crippen molar-refractivity contribution in [2.75, 3.05) is 11.4 Å². The van der Waals surface area contributed by atoms with Crippen molar-refractivity contribution < 1.29 is 14.3 Å². The number of anilines is 1. The van der Waals surface area contributed by atoms with E-state index in [0.717, 1.165) is 24.9 Å². The maximum Gasteiger partial charge on any atom is 0.356 e. The molecular weight excluding hydrogens is 273 g/mol. The summed E-state index contributed by atoms with van der Waals surface area (Å²) >= 11 is 0. The van der Waals surface area contributed by atoms with Gasteiger partial charge in [-0.05, 0) is 30.5 Å². The highest BCUT2D eigenvalue weighted by Crippen LogP contribution is 2.34. The third-order valence-electron chi connectivity index (χ3n) is 3.64. The van der Waals surface area contributed by atoms with E-state index in [2.05, 4.69) is 9.97 Å². The minimum Gasteiger partial charge on any atom is -0.476 e. The quantitative estimate of drug-likeness (QED) is 0.940. The summed E-state index contributed by atoms with van der Waals surface area (Å²) in [4.78, 5) is 20.9. The maximum atomic E-state index is 13.4. The van der Waals surface area contributed by atoms with Crippen LogP contribution >= 0.6 is 0 Å². The molecule has 2 aromatic rings. The van der Waals surface area contributed by atoms with E-state index in [1.54, 1.807) is 6.07 Å². The highest BCUT2D eigenvalue weighted by atomic mass is 19.1. The molecule has 0 saturated carbocycles. The molecule has 1 atom stereocenters. The van der Waals surface area contributed by atoms with E-state index in [4.69, 9.17) is 5.11 Å². The molecule has 1 aromatic heterocycles. The molecule has 0 bridgehead atoms. The number of carbonyl (C=O) groups is 1. The monoisotopic (exact) mass is 287 g/mol. The highest BCUT2D eigenvalue weighted by molar-refractivity contribution is 5.84. The summed E-state index contributed by atoms with van der Waals surface area (Å²) < 4.78 is 13.4. The van der Waals surface area contributed by atoms with Crippen molar-refractivity contribution in [2.24, 2.45) is 0 Å². The summed E-state index contributed by atoms with van der Waals surface area (Å²) in [6.07, 6.45) is 4.59. The van der Waals surface area contributed by atoms with Crippen molar-refractivity contribution in [1.82, 2.24) is 9.97 Å². The van der Waals surface area contributed by atoms with Gasteiger partial charge in [0, 0.05) is 6.54 Å². The van der Waals surface area contributed by atoms with Crippen LogP contribution in [0.3, 0.4) is 0 Å². The van der Waals surface area contributed by atoms with Crippen molar-refractivity contribution in [1.29, 1.82) is 0 Å². The van der Waals surface area contributed by atoms with Crippen LogP contribution in [0, 0.1) is 5.82 Å². The van der Waals surface area contributed by atoms with Crippen LogP contribution < -0.4 is 4.90 Å². The summed E-state index contributed by atoms with van der Waals surface area (Å²) in [6, 6.07) is 6.59. The molecule has 0 amide bonds. The Morgan fingerprint density at radius 3 is 2.86 bits per heavy atom. The van der Waals surface area contributed by atoms with E-state index in [1.807, 2.05) is 11.0 Å². The highest BCUT2D eigenvalue weighted by Gasteiger charge is 2.27. The molecule has 1 N–H and O–H groups in total. The van der Waals surface area contributed by atoms with Gasteiger partial charge >= 0.3 is 5.97 Å². The lowest BCUT2D eigenvalue weighted by Crippen LogP contribution is -2.24. The zero-order valence-corrected chi connectivity index (χ0v) is 11.2. The number of hydrogen-bond donors (Lipinski definition) is 1. The predicted molar refractivity (Wildman–Crippen MR) is 74.7 cm³/mol. The normalized spacial score (nSPS) is 18.0. The molecule has 2 heterocycles. The molecule has 0 unspecified atom stereocenters. The van der Waals surface area contributed by atoms with E-state index in [0.29, 0.717) is 5.82 Å². The first-order valence-corrected chi connectivity index (χ1v) is 6.72. The smallest absolute Gasteiger partial charge is 0.356 e. The van der Waals surface area contributed by atoms with E-state index >= 15 is 0 Å². The molecule has 0 radical (unpaired) electrons.